The summed E-state index contributed by atoms with van der Waals surface area (Å²) in [6.45, 7) is 9.30. The van der Waals surface area contributed by atoms with E-state index in [1.807, 2.05) is 0 Å². The fourth-order valence-electron chi connectivity index (χ4n) is 2.97. The zero-order chi connectivity index (χ0) is 16.3. The summed E-state index contributed by atoms with van der Waals surface area (Å²) in [6, 6.07) is 17.1. The molecule has 2 aromatic rings. The van der Waals surface area contributed by atoms with Gasteiger partial charge in [-0.25, -0.2) is 0 Å². The third-order valence-electron chi connectivity index (χ3n) is 4.31. The Balaban J connectivity index is 1.67. The first-order chi connectivity index (χ1) is 11.1. The van der Waals surface area contributed by atoms with Crippen molar-refractivity contribution >= 4 is 11.4 Å². The van der Waals surface area contributed by atoms with Crippen LogP contribution in [0, 0.1) is 0 Å². The third kappa shape index (κ3) is 3.79. The number of likely N-dealkylation sites (N-methyl/N-ethyl adjacent to an activating group) is 1. The topological polar surface area (TPSA) is 24.5 Å². The summed E-state index contributed by atoms with van der Waals surface area (Å²) in [5.74, 6) is 0.959. The Labute approximate surface area is 139 Å². The number of benzene rings is 2. The molecule has 3 nitrogen and oxygen atoms in total. The van der Waals surface area contributed by atoms with Gasteiger partial charge in [0, 0.05) is 18.8 Å². The Morgan fingerprint density at radius 3 is 2.65 bits per heavy atom. The van der Waals surface area contributed by atoms with E-state index in [1.54, 1.807) is 0 Å². The highest BCUT2D eigenvalue weighted by molar-refractivity contribution is 5.60. The molecule has 1 heterocycles. The van der Waals surface area contributed by atoms with E-state index in [0.29, 0.717) is 0 Å². The lowest BCUT2D eigenvalue weighted by molar-refractivity contribution is 0.116. The van der Waals surface area contributed by atoms with E-state index in [-0.39, 0.29) is 5.60 Å². The van der Waals surface area contributed by atoms with Crippen molar-refractivity contribution in [3.8, 4) is 5.75 Å². The second kappa shape index (κ2) is 6.53. The number of nitrogens with zero attached hydrogens (tertiary/aromatic N) is 1. The Morgan fingerprint density at radius 1 is 1.13 bits per heavy atom. The summed E-state index contributed by atoms with van der Waals surface area (Å²) < 4.78 is 6.02. The summed E-state index contributed by atoms with van der Waals surface area (Å²) >= 11 is 0. The Kier molecular flexibility index (Phi) is 4.46. The van der Waals surface area contributed by atoms with Crippen molar-refractivity contribution in [3.05, 3.63) is 54.1 Å². The Morgan fingerprint density at radius 2 is 1.91 bits per heavy atom. The molecular formula is C20H26N2O. The standard InChI is InChI=1S/C20H26N2O/c1-4-22(17-8-6-5-7-9-17)13-12-16-10-11-19-18(14-16)21-15-20(2,3)23-19/h5-11,14,21H,4,12-13,15H2,1-3H3. The fraction of sp³-hybridized carbons (Fsp3) is 0.400. The Hall–Kier alpha value is -2.16. The summed E-state index contributed by atoms with van der Waals surface area (Å²) in [5, 5.41) is 3.49. The van der Waals surface area contributed by atoms with Crippen LogP contribution < -0.4 is 15.0 Å². The van der Waals surface area contributed by atoms with Gasteiger partial charge < -0.3 is 15.0 Å². The van der Waals surface area contributed by atoms with Gasteiger partial charge >= 0.3 is 0 Å². The van der Waals surface area contributed by atoms with Crippen LogP contribution in [-0.2, 0) is 6.42 Å². The number of fused-ring (bicyclic) bond motifs is 1. The minimum absolute atomic E-state index is 0.138. The molecule has 0 radical (unpaired) electrons. The van der Waals surface area contributed by atoms with Crippen LogP contribution in [0.2, 0.25) is 0 Å². The van der Waals surface area contributed by atoms with E-state index in [4.69, 9.17) is 4.74 Å². The summed E-state index contributed by atoms with van der Waals surface area (Å²) in [4.78, 5) is 2.41. The predicted molar refractivity (Wildman–Crippen MR) is 97.7 cm³/mol. The van der Waals surface area contributed by atoms with Crippen molar-refractivity contribution in [1.29, 1.82) is 0 Å². The van der Waals surface area contributed by atoms with E-state index < -0.39 is 0 Å². The molecular weight excluding hydrogens is 284 g/mol. The molecule has 0 saturated carbocycles. The highest BCUT2D eigenvalue weighted by atomic mass is 16.5. The van der Waals surface area contributed by atoms with E-state index in [0.717, 1.165) is 37.5 Å². The van der Waals surface area contributed by atoms with Gasteiger partial charge in [-0.1, -0.05) is 24.3 Å². The number of hydrogen-bond acceptors (Lipinski definition) is 3. The van der Waals surface area contributed by atoms with Crippen LogP contribution in [0.4, 0.5) is 11.4 Å². The number of rotatable bonds is 5. The molecule has 0 unspecified atom stereocenters. The molecule has 0 aromatic heterocycles. The average Bonchev–Trinajstić information content (AvgIpc) is 2.56. The molecule has 1 N–H and O–H groups in total. The smallest absolute Gasteiger partial charge is 0.143 e. The van der Waals surface area contributed by atoms with E-state index in [1.165, 1.54) is 11.3 Å². The van der Waals surface area contributed by atoms with Gasteiger partial charge in [-0.2, -0.15) is 0 Å². The second-order valence-electron chi connectivity index (χ2n) is 6.71. The maximum absolute atomic E-state index is 6.02. The van der Waals surface area contributed by atoms with Crippen molar-refractivity contribution < 1.29 is 4.74 Å². The Bertz CT molecular complexity index is 652. The number of nitrogens with one attached hydrogen (secondary N) is 1. The van der Waals surface area contributed by atoms with Crippen molar-refractivity contribution in [3.63, 3.8) is 0 Å². The van der Waals surface area contributed by atoms with Gasteiger partial charge in [0.2, 0.25) is 0 Å². The zero-order valence-electron chi connectivity index (χ0n) is 14.3. The maximum Gasteiger partial charge on any atom is 0.143 e. The van der Waals surface area contributed by atoms with Crippen LogP contribution in [0.1, 0.15) is 26.3 Å². The van der Waals surface area contributed by atoms with E-state index in [2.05, 4.69) is 79.5 Å². The maximum atomic E-state index is 6.02. The van der Waals surface area contributed by atoms with Gasteiger partial charge in [0.05, 0.1) is 12.2 Å². The lowest BCUT2D eigenvalue weighted by Crippen LogP contribution is -2.40. The van der Waals surface area contributed by atoms with E-state index >= 15 is 0 Å². The SMILES string of the molecule is CCN(CCc1ccc2c(c1)NCC(C)(C)O2)c1ccccc1. The molecule has 0 spiro atoms. The minimum Gasteiger partial charge on any atom is -0.484 e. The largest absolute Gasteiger partial charge is 0.484 e. The molecule has 1 aliphatic heterocycles. The first-order valence-electron chi connectivity index (χ1n) is 8.43. The monoisotopic (exact) mass is 310 g/mol. The lowest BCUT2D eigenvalue weighted by atomic mass is 10.0. The summed E-state index contributed by atoms with van der Waals surface area (Å²) in [6.07, 6.45) is 1.03. The minimum atomic E-state index is -0.138. The first kappa shape index (κ1) is 15.7. The molecule has 3 rings (SSSR count). The molecule has 122 valence electrons. The molecule has 3 heteroatoms. The lowest BCUT2D eigenvalue weighted by Gasteiger charge is -2.33. The highest BCUT2D eigenvalue weighted by Crippen LogP contribution is 2.33. The number of ether oxygens (including phenoxy) is 1. The summed E-state index contributed by atoms with van der Waals surface area (Å²) in [5.41, 5.74) is 3.61. The fourth-order valence-corrected chi connectivity index (χ4v) is 2.97. The molecule has 0 aliphatic carbocycles. The van der Waals surface area contributed by atoms with Crippen LogP contribution in [0.25, 0.3) is 0 Å². The van der Waals surface area contributed by atoms with Crippen LogP contribution in [0.15, 0.2) is 48.5 Å². The predicted octanol–water partition coefficient (Wildman–Crippen LogP) is 4.34. The molecule has 1 aliphatic rings. The summed E-state index contributed by atoms with van der Waals surface area (Å²) in [7, 11) is 0. The molecule has 0 atom stereocenters. The average molecular weight is 310 g/mol. The van der Waals surface area contributed by atoms with Crippen molar-refractivity contribution in [1.82, 2.24) is 0 Å². The van der Waals surface area contributed by atoms with Crippen LogP contribution in [0.3, 0.4) is 0 Å². The van der Waals surface area contributed by atoms with Gasteiger partial charge in [0.15, 0.2) is 0 Å². The van der Waals surface area contributed by atoms with Gasteiger partial charge in [-0.3, -0.25) is 0 Å². The first-order valence-corrected chi connectivity index (χ1v) is 8.43. The van der Waals surface area contributed by atoms with Gasteiger partial charge in [-0.15, -0.1) is 0 Å². The molecule has 23 heavy (non-hydrogen) atoms. The van der Waals surface area contributed by atoms with Gasteiger partial charge in [0.25, 0.3) is 0 Å². The van der Waals surface area contributed by atoms with Crippen molar-refractivity contribution in [2.45, 2.75) is 32.8 Å². The van der Waals surface area contributed by atoms with Crippen molar-refractivity contribution in [2.24, 2.45) is 0 Å². The molecule has 2 aromatic carbocycles. The highest BCUT2D eigenvalue weighted by Gasteiger charge is 2.26. The van der Waals surface area contributed by atoms with Crippen LogP contribution in [0.5, 0.6) is 5.75 Å². The number of hydrogen-bond donors (Lipinski definition) is 1. The zero-order valence-corrected chi connectivity index (χ0v) is 14.3. The quantitative estimate of drug-likeness (QED) is 0.889. The normalized spacial score (nSPS) is 15.3. The molecule has 0 bridgehead atoms. The molecule has 0 fully saturated rings. The number of anilines is 2. The second-order valence-corrected chi connectivity index (χ2v) is 6.71. The van der Waals surface area contributed by atoms with Gasteiger partial charge in [0.1, 0.15) is 11.4 Å². The number of para-hydroxylation sites is 1. The van der Waals surface area contributed by atoms with Crippen molar-refractivity contribution in [2.75, 3.05) is 29.9 Å². The van der Waals surface area contributed by atoms with Gasteiger partial charge in [-0.05, 0) is 57.0 Å². The van der Waals surface area contributed by atoms with Crippen LogP contribution >= 0.6 is 0 Å². The van der Waals surface area contributed by atoms with Crippen LogP contribution in [-0.4, -0.2) is 25.2 Å². The molecule has 0 amide bonds. The molecule has 0 saturated heterocycles. The van der Waals surface area contributed by atoms with E-state index in [9.17, 15) is 0 Å². The third-order valence-corrected chi connectivity index (χ3v) is 4.31.